The van der Waals surface area contributed by atoms with Crippen molar-refractivity contribution >= 4 is 5.78 Å². The Balaban J connectivity index is 2.01. The zero-order chi connectivity index (χ0) is 29.6. The highest BCUT2D eigenvalue weighted by Crippen LogP contribution is 2.47. The van der Waals surface area contributed by atoms with Gasteiger partial charge >= 0.3 is 0 Å². The van der Waals surface area contributed by atoms with Gasteiger partial charge < -0.3 is 29.2 Å². The number of rotatable bonds is 12. The Bertz CT molecular complexity index is 1280. The van der Waals surface area contributed by atoms with E-state index >= 15 is 0 Å². The number of methoxy groups -OCH3 is 3. The van der Waals surface area contributed by atoms with Gasteiger partial charge in [-0.15, -0.1) is 0 Å². The number of ketones is 1. The molecule has 0 spiro atoms. The molecule has 218 valence electrons. The topological polar surface area (TPSA) is 94.5 Å². The van der Waals surface area contributed by atoms with Crippen molar-refractivity contribution in [3.63, 3.8) is 0 Å². The van der Waals surface area contributed by atoms with E-state index in [1.165, 1.54) is 18.3 Å². The molecule has 1 aliphatic rings. The highest BCUT2D eigenvalue weighted by atomic mass is 16.5. The molecule has 0 radical (unpaired) electrons. The first-order valence-electron chi connectivity index (χ1n) is 13.8. The maximum absolute atomic E-state index is 13.5. The normalized spacial score (nSPS) is 15.3. The zero-order valence-electron chi connectivity index (χ0n) is 25.1. The first kappa shape index (κ1) is 31.1. The summed E-state index contributed by atoms with van der Waals surface area (Å²) in [6, 6.07) is 5.40. The molecule has 0 fully saturated rings. The lowest BCUT2D eigenvalue weighted by Gasteiger charge is -2.30. The quantitative estimate of drug-likeness (QED) is 0.272. The van der Waals surface area contributed by atoms with Crippen LogP contribution in [0.2, 0.25) is 0 Å². The molecule has 1 heterocycles. The van der Waals surface area contributed by atoms with E-state index in [1.807, 2.05) is 12.1 Å². The minimum Gasteiger partial charge on any atom is -0.507 e. The Kier molecular flexibility index (Phi) is 10.3. The van der Waals surface area contributed by atoms with E-state index in [1.54, 1.807) is 34.1 Å². The lowest BCUT2D eigenvalue weighted by Crippen LogP contribution is -2.23. The molecule has 0 aliphatic carbocycles. The van der Waals surface area contributed by atoms with Gasteiger partial charge in [0, 0.05) is 22.8 Å². The largest absolute Gasteiger partial charge is 0.507 e. The van der Waals surface area contributed by atoms with Crippen LogP contribution in [0.4, 0.5) is 0 Å². The first-order chi connectivity index (χ1) is 18.9. The Hall–Kier alpha value is -3.45. The molecule has 0 saturated heterocycles. The third-order valence-electron chi connectivity index (χ3n) is 7.23. The number of hydrogen-bond acceptors (Lipinski definition) is 7. The number of phenols is 1. The fourth-order valence-electron chi connectivity index (χ4n) is 5.00. The second-order valence-corrected chi connectivity index (χ2v) is 11.3. The number of phenolic OH excluding ortho intramolecular Hbond substituents is 1. The van der Waals surface area contributed by atoms with Gasteiger partial charge in [-0.3, -0.25) is 4.79 Å². The third-order valence-corrected chi connectivity index (χ3v) is 7.23. The van der Waals surface area contributed by atoms with Crippen LogP contribution in [0.15, 0.2) is 41.5 Å². The second kappa shape index (κ2) is 13.3. The number of benzene rings is 2. The van der Waals surface area contributed by atoms with Crippen LogP contribution < -0.4 is 18.9 Å². The number of hydrogen-bond donors (Lipinski definition) is 2. The van der Waals surface area contributed by atoms with E-state index in [2.05, 4.69) is 32.9 Å². The number of ether oxygens (including phenoxy) is 4. The standard InChI is InChI=1S/C33H44O7/c1-20(2)10-9-11-21(3)12-13-23-22(14-15-26(37-6)32(23)39-8)28-18-25(34)30-29(40-28)19-27(38-7)24(31(30)35)16-17-33(4,5)36/h10,12,14-15,19,28,35-36H,9,11,13,16-18H2,1-8H3/t28-/m0/s1. The minimum absolute atomic E-state index is 0.0591. The van der Waals surface area contributed by atoms with Gasteiger partial charge in [-0.05, 0) is 72.8 Å². The SMILES string of the molecule is COc1cc2c(c(O)c1CCC(C)(C)O)C(=O)C[C@@H](c1ccc(OC)c(OC)c1CC=C(C)CCC=C(C)C)O2. The highest BCUT2D eigenvalue weighted by Gasteiger charge is 2.35. The average Bonchev–Trinajstić information content (AvgIpc) is 2.89. The fraction of sp³-hybridized carbons (Fsp3) is 0.485. The first-order valence-corrected chi connectivity index (χ1v) is 13.8. The summed E-state index contributed by atoms with van der Waals surface area (Å²) in [4.78, 5) is 13.5. The number of aromatic hydroxyl groups is 1. The number of carbonyl (C=O) groups excluding carboxylic acids is 1. The Labute approximate surface area is 238 Å². The number of fused-ring (bicyclic) bond motifs is 1. The van der Waals surface area contributed by atoms with E-state index in [4.69, 9.17) is 18.9 Å². The summed E-state index contributed by atoms with van der Waals surface area (Å²) in [6.07, 6.45) is 7.15. The predicted molar refractivity (Wildman–Crippen MR) is 157 cm³/mol. The van der Waals surface area contributed by atoms with Gasteiger partial charge in [0.2, 0.25) is 0 Å². The molecule has 7 nitrogen and oxygen atoms in total. The number of Topliss-reactive ketones (excluding diaryl/α,β-unsaturated/α-hetero) is 1. The third kappa shape index (κ3) is 7.39. The van der Waals surface area contributed by atoms with Gasteiger partial charge in [-0.1, -0.05) is 29.4 Å². The molecule has 2 aromatic carbocycles. The second-order valence-electron chi connectivity index (χ2n) is 11.3. The van der Waals surface area contributed by atoms with Gasteiger partial charge in [0.1, 0.15) is 28.9 Å². The van der Waals surface area contributed by atoms with Crippen molar-refractivity contribution in [3.05, 3.63) is 63.8 Å². The highest BCUT2D eigenvalue weighted by molar-refractivity contribution is 6.03. The van der Waals surface area contributed by atoms with E-state index in [0.717, 1.165) is 24.0 Å². The maximum Gasteiger partial charge on any atom is 0.174 e. The van der Waals surface area contributed by atoms with Crippen LogP contribution in [-0.4, -0.2) is 42.9 Å². The van der Waals surface area contributed by atoms with E-state index < -0.39 is 11.7 Å². The zero-order valence-corrected chi connectivity index (χ0v) is 25.1. The lowest BCUT2D eigenvalue weighted by atomic mass is 9.89. The molecule has 1 aliphatic heterocycles. The van der Waals surface area contributed by atoms with Gasteiger partial charge in [-0.25, -0.2) is 0 Å². The van der Waals surface area contributed by atoms with E-state index in [-0.39, 0.29) is 29.3 Å². The summed E-state index contributed by atoms with van der Waals surface area (Å²) < 4.78 is 23.3. The summed E-state index contributed by atoms with van der Waals surface area (Å²) in [5, 5.41) is 21.3. The lowest BCUT2D eigenvalue weighted by molar-refractivity contribution is 0.0711. The Morgan fingerprint density at radius 1 is 1.05 bits per heavy atom. The van der Waals surface area contributed by atoms with Crippen molar-refractivity contribution in [3.8, 4) is 28.7 Å². The molecule has 7 heteroatoms. The van der Waals surface area contributed by atoms with Crippen molar-refractivity contribution in [1.82, 2.24) is 0 Å². The van der Waals surface area contributed by atoms with Crippen LogP contribution in [0.3, 0.4) is 0 Å². The minimum atomic E-state index is -0.929. The molecule has 2 N–H and O–H groups in total. The molecular formula is C33H44O7. The summed E-state index contributed by atoms with van der Waals surface area (Å²) in [5.74, 6) is 1.54. The van der Waals surface area contributed by atoms with Crippen LogP contribution in [-0.2, 0) is 12.8 Å². The van der Waals surface area contributed by atoms with Gasteiger partial charge in [0.05, 0.1) is 33.4 Å². The van der Waals surface area contributed by atoms with Crippen LogP contribution >= 0.6 is 0 Å². The van der Waals surface area contributed by atoms with E-state index in [9.17, 15) is 15.0 Å². The van der Waals surface area contributed by atoms with Crippen molar-refractivity contribution in [2.45, 2.75) is 84.8 Å². The van der Waals surface area contributed by atoms with Gasteiger partial charge in [0.15, 0.2) is 17.3 Å². The number of aliphatic hydroxyl groups is 1. The van der Waals surface area contributed by atoms with Crippen LogP contribution in [0.25, 0.3) is 0 Å². The fourth-order valence-corrected chi connectivity index (χ4v) is 5.00. The molecule has 2 aromatic rings. The van der Waals surface area contributed by atoms with Crippen LogP contribution in [0, 0.1) is 0 Å². The van der Waals surface area contributed by atoms with Crippen LogP contribution in [0.1, 0.15) is 93.5 Å². The average molecular weight is 553 g/mol. The Morgan fingerprint density at radius 2 is 1.75 bits per heavy atom. The summed E-state index contributed by atoms with van der Waals surface area (Å²) in [7, 11) is 4.72. The van der Waals surface area contributed by atoms with Crippen molar-refractivity contribution < 1.29 is 34.0 Å². The van der Waals surface area contributed by atoms with Crippen molar-refractivity contribution in [1.29, 1.82) is 0 Å². The molecule has 0 bridgehead atoms. The molecule has 0 saturated carbocycles. The molecule has 0 aromatic heterocycles. The van der Waals surface area contributed by atoms with Gasteiger partial charge in [0.25, 0.3) is 0 Å². The summed E-state index contributed by atoms with van der Waals surface area (Å²) in [6.45, 7) is 9.72. The van der Waals surface area contributed by atoms with E-state index in [0.29, 0.717) is 42.1 Å². The smallest absolute Gasteiger partial charge is 0.174 e. The molecule has 3 rings (SSSR count). The maximum atomic E-state index is 13.5. The summed E-state index contributed by atoms with van der Waals surface area (Å²) in [5.41, 5.74) is 3.99. The Morgan fingerprint density at radius 3 is 2.35 bits per heavy atom. The monoisotopic (exact) mass is 552 g/mol. The molecule has 1 atom stereocenters. The molecule has 40 heavy (non-hydrogen) atoms. The van der Waals surface area contributed by atoms with Gasteiger partial charge in [-0.2, -0.15) is 0 Å². The van der Waals surface area contributed by atoms with Crippen molar-refractivity contribution in [2.75, 3.05) is 21.3 Å². The predicted octanol–water partition coefficient (Wildman–Crippen LogP) is 7.06. The summed E-state index contributed by atoms with van der Waals surface area (Å²) >= 11 is 0. The molecule has 0 amide bonds. The number of allylic oxidation sites excluding steroid dienone is 4. The molecule has 0 unspecified atom stereocenters. The van der Waals surface area contributed by atoms with Crippen molar-refractivity contribution in [2.24, 2.45) is 0 Å². The van der Waals surface area contributed by atoms with Crippen LogP contribution in [0.5, 0.6) is 28.7 Å². The number of carbonyl (C=O) groups is 1. The molecular weight excluding hydrogens is 508 g/mol.